The number of pyridine rings is 1. The van der Waals surface area contributed by atoms with E-state index in [1.165, 1.54) is 0 Å². The van der Waals surface area contributed by atoms with Gasteiger partial charge in [-0.1, -0.05) is 11.6 Å². The zero-order chi connectivity index (χ0) is 16.4. The number of nitrogens with zero attached hydrogens (tertiary/aromatic N) is 3. The summed E-state index contributed by atoms with van der Waals surface area (Å²) in [5, 5.41) is 5.24. The van der Waals surface area contributed by atoms with Crippen LogP contribution in [-0.4, -0.2) is 26.1 Å². The lowest BCUT2D eigenvalue weighted by Crippen LogP contribution is -2.11. The van der Waals surface area contributed by atoms with Gasteiger partial charge in [-0.25, -0.2) is 4.98 Å². The Morgan fingerprint density at radius 1 is 1.21 bits per heavy atom. The molecule has 0 aliphatic heterocycles. The molecule has 5 nitrogen and oxygen atoms in total. The van der Waals surface area contributed by atoms with Crippen LogP contribution < -0.4 is 5.32 Å². The van der Waals surface area contributed by atoms with Crippen LogP contribution in [0.2, 0.25) is 5.02 Å². The van der Waals surface area contributed by atoms with Gasteiger partial charge in [0.15, 0.2) is 0 Å². The van der Waals surface area contributed by atoms with E-state index < -0.39 is 0 Å². The van der Waals surface area contributed by atoms with Crippen LogP contribution in [0.5, 0.6) is 0 Å². The molecule has 0 fully saturated rings. The molecule has 1 aromatic carbocycles. The average Bonchev–Trinajstić information content (AvgIpc) is 3.25. The third-order valence-electron chi connectivity index (χ3n) is 3.96. The van der Waals surface area contributed by atoms with Crippen LogP contribution in [-0.2, 0) is 6.54 Å². The summed E-state index contributed by atoms with van der Waals surface area (Å²) in [6, 6.07) is 11.8. The summed E-state index contributed by atoms with van der Waals surface area (Å²) in [5.74, 6) is 0. The van der Waals surface area contributed by atoms with Crippen molar-refractivity contribution < 1.29 is 0 Å². The summed E-state index contributed by atoms with van der Waals surface area (Å²) in [4.78, 5) is 11.8. The summed E-state index contributed by atoms with van der Waals surface area (Å²) in [7, 11) is 0. The van der Waals surface area contributed by atoms with E-state index in [1.807, 2.05) is 55.1 Å². The highest BCUT2D eigenvalue weighted by atomic mass is 35.5. The van der Waals surface area contributed by atoms with Gasteiger partial charge < -0.3 is 14.9 Å². The molecule has 120 valence electrons. The number of imidazole rings is 1. The lowest BCUT2D eigenvalue weighted by atomic mass is 10.2. The van der Waals surface area contributed by atoms with Crippen molar-refractivity contribution in [3.63, 3.8) is 0 Å². The largest absolute Gasteiger partial charge is 0.383 e. The first kappa shape index (κ1) is 14.8. The van der Waals surface area contributed by atoms with E-state index in [4.69, 9.17) is 11.6 Å². The highest BCUT2D eigenvalue weighted by Crippen LogP contribution is 2.24. The summed E-state index contributed by atoms with van der Waals surface area (Å²) in [6.07, 6.45) is 7.43. The van der Waals surface area contributed by atoms with Crippen LogP contribution in [0.15, 0.2) is 61.3 Å². The molecule has 0 bridgehead atoms. The Morgan fingerprint density at radius 3 is 3.04 bits per heavy atom. The van der Waals surface area contributed by atoms with Gasteiger partial charge in [-0.2, -0.15) is 0 Å². The number of fused-ring (bicyclic) bond motifs is 1. The van der Waals surface area contributed by atoms with E-state index in [9.17, 15) is 0 Å². The SMILES string of the molecule is Clc1ccc2c(NCCn3cncc3-c3ccc[nH]3)ccnc2c1. The van der Waals surface area contributed by atoms with Gasteiger partial charge in [0, 0.05) is 41.6 Å². The molecule has 0 aliphatic carbocycles. The van der Waals surface area contributed by atoms with Crippen LogP contribution in [0.3, 0.4) is 0 Å². The molecule has 0 atom stereocenters. The van der Waals surface area contributed by atoms with Crippen molar-refractivity contribution in [2.24, 2.45) is 0 Å². The Hall–Kier alpha value is -2.79. The van der Waals surface area contributed by atoms with E-state index in [2.05, 4.69) is 24.8 Å². The van der Waals surface area contributed by atoms with Gasteiger partial charge in [-0.05, 0) is 36.4 Å². The number of benzene rings is 1. The van der Waals surface area contributed by atoms with Gasteiger partial charge >= 0.3 is 0 Å². The topological polar surface area (TPSA) is 58.5 Å². The van der Waals surface area contributed by atoms with E-state index in [-0.39, 0.29) is 0 Å². The normalized spacial score (nSPS) is 11.0. The zero-order valence-corrected chi connectivity index (χ0v) is 13.7. The molecule has 0 unspecified atom stereocenters. The maximum Gasteiger partial charge on any atom is 0.0951 e. The smallest absolute Gasteiger partial charge is 0.0951 e. The van der Waals surface area contributed by atoms with Crippen molar-refractivity contribution in [1.82, 2.24) is 19.5 Å². The maximum atomic E-state index is 6.04. The van der Waals surface area contributed by atoms with E-state index >= 15 is 0 Å². The number of nitrogens with one attached hydrogen (secondary N) is 2. The van der Waals surface area contributed by atoms with Crippen molar-refractivity contribution in [1.29, 1.82) is 0 Å². The molecule has 0 saturated heterocycles. The second kappa shape index (κ2) is 6.37. The number of hydrogen-bond acceptors (Lipinski definition) is 3. The highest BCUT2D eigenvalue weighted by Gasteiger charge is 2.06. The number of hydrogen-bond donors (Lipinski definition) is 2. The molecule has 3 heterocycles. The van der Waals surface area contributed by atoms with Crippen molar-refractivity contribution >= 4 is 28.2 Å². The molecule has 0 amide bonds. The first-order chi connectivity index (χ1) is 11.8. The second-order valence-corrected chi connectivity index (χ2v) is 5.94. The number of rotatable bonds is 5. The molecule has 24 heavy (non-hydrogen) atoms. The predicted octanol–water partition coefficient (Wildman–Crippen LogP) is 4.19. The quantitative estimate of drug-likeness (QED) is 0.574. The van der Waals surface area contributed by atoms with Gasteiger partial charge in [-0.15, -0.1) is 0 Å². The van der Waals surface area contributed by atoms with E-state index in [0.717, 1.165) is 41.1 Å². The van der Waals surface area contributed by atoms with Gasteiger partial charge in [-0.3, -0.25) is 4.98 Å². The van der Waals surface area contributed by atoms with Crippen molar-refractivity contribution in [3.8, 4) is 11.4 Å². The minimum absolute atomic E-state index is 0.696. The third-order valence-corrected chi connectivity index (χ3v) is 4.19. The van der Waals surface area contributed by atoms with Crippen LogP contribution in [0.4, 0.5) is 5.69 Å². The lowest BCUT2D eigenvalue weighted by Gasteiger charge is -2.11. The molecule has 2 N–H and O–H groups in total. The number of aromatic amines is 1. The Morgan fingerprint density at radius 2 is 2.17 bits per heavy atom. The molecular weight excluding hydrogens is 322 g/mol. The first-order valence-corrected chi connectivity index (χ1v) is 8.11. The Labute approximate surface area is 144 Å². The fourth-order valence-electron chi connectivity index (χ4n) is 2.80. The van der Waals surface area contributed by atoms with E-state index in [0.29, 0.717) is 5.02 Å². The molecule has 0 saturated carbocycles. The standard InChI is InChI=1S/C18H16ClN5/c19-13-3-4-14-15(5-7-22-17(14)10-13)23-8-9-24-12-20-11-18(24)16-2-1-6-21-16/h1-7,10-12,21H,8-9H2,(H,22,23). The Balaban J connectivity index is 1.50. The zero-order valence-electron chi connectivity index (χ0n) is 12.9. The fraction of sp³-hybridized carbons (Fsp3) is 0.111. The highest BCUT2D eigenvalue weighted by molar-refractivity contribution is 6.31. The van der Waals surface area contributed by atoms with Crippen molar-refractivity contribution in [2.75, 3.05) is 11.9 Å². The van der Waals surface area contributed by atoms with Crippen LogP contribution >= 0.6 is 11.6 Å². The first-order valence-electron chi connectivity index (χ1n) is 7.73. The van der Waals surface area contributed by atoms with Gasteiger partial charge in [0.25, 0.3) is 0 Å². The lowest BCUT2D eigenvalue weighted by molar-refractivity contribution is 0.732. The number of anilines is 1. The molecule has 4 rings (SSSR count). The van der Waals surface area contributed by atoms with Gasteiger partial charge in [0.2, 0.25) is 0 Å². The van der Waals surface area contributed by atoms with Gasteiger partial charge in [0.05, 0.1) is 29.4 Å². The van der Waals surface area contributed by atoms with Crippen molar-refractivity contribution in [3.05, 3.63) is 66.3 Å². The van der Waals surface area contributed by atoms with Crippen LogP contribution in [0, 0.1) is 0 Å². The average molecular weight is 338 g/mol. The van der Waals surface area contributed by atoms with Gasteiger partial charge in [0.1, 0.15) is 0 Å². The third kappa shape index (κ3) is 2.86. The predicted molar refractivity (Wildman–Crippen MR) is 97.3 cm³/mol. The molecule has 6 heteroatoms. The molecular formula is C18H16ClN5. The van der Waals surface area contributed by atoms with Crippen LogP contribution in [0.1, 0.15) is 0 Å². The molecule has 3 aromatic heterocycles. The molecule has 0 radical (unpaired) electrons. The Kier molecular flexibility index (Phi) is 3.92. The monoisotopic (exact) mass is 337 g/mol. The number of halogens is 1. The second-order valence-electron chi connectivity index (χ2n) is 5.50. The maximum absolute atomic E-state index is 6.04. The van der Waals surface area contributed by atoms with E-state index in [1.54, 1.807) is 6.20 Å². The van der Waals surface area contributed by atoms with Crippen molar-refractivity contribution in [2.45, 2.75) is 6.54 Å². The fourth-order valence-corrected chi connectivity index (χ4v) is 2.97. The minimum Gasteiger partial charge on any atom is -0.383 e. The summed E-state index contributed by atoms with van der Waals surface area (Å²) in [5.41, 5.74) is 4.09. The number of H-pyrrole nitrogens is 1. The molecule has 4 aromatic rings. The molecule has 0 aliphatic rings. The summed E-state index contributed by atoms with van der Waals surface area (Å²) >= 11 is 6.04. The minimum atomic E-state index is 0.696. The molecule has 0 spiro atoms. The van der Waals surface area contributed by atoms with Crippen LogP contribution in [0.25, 0.3) is 22.3 Å². The Bertz CT molecular complexity index is 959. The number of aromatic nitrogens is 4. The summed E-state index contributed by atoms with van der Waals surface area (Å²) < 4.78 is 2.12. The summed E-state index contributed by atoms with van der Waals surface area (Å²) in [6.45, 7) is 1.59.